The van der Waals surface area contributed by atoms with Gasteiger partial charge >= 0.3 is 5.97 Å². The Morgan fingerprint density at radius 3 is 2.14 bits per heavy atom. The van der Waals surface area contributed by atoms with Crippen molar-refractivity contribution in [3.05, 3.63) is 63.2 Å². The van der Waals surface area contributed by atoms with Crippen LogP contribution in [0.1, 0.15) is 36.8 Å². The van der Waals surface area contributed by atoms with E-state index in [1.807, 2.05) is 24.3 Å². The number of halogens is 1. The fourth-order valence-electron chi connectivity index (χ4n) is 3.87. The lowest BCUT2D eigenvalue weighted by Crippen LogP contribution is -2.37. The SMILES string of the molecule is O=C(O)Cc1ccc(CC2(CNS(=O)(=O)c3ccc(I)cc3)CCCC2)cc1. The van der Waals surface area contributed by atoms with Crippen molar-refractivity contribution in [2.24, 2.45) is 5.41 Å². The van der Waals surface area contributed by atoms with Crippen molar-refractivity contribution >= 4 is 38.6 Å². The predicted octanol–water partition coefficient (Wildman–Crippen LogP) is 4.00. The maximum Gasteiger partial charge on any atom is 0.307 e. The van der Waals surface area contributed by atoms with Crippen molar-refractivity contribution < 1.29 is 18.3 Å². The summed E-state index contributed by atoms with van der Waals surface area (Å²) in [4.78, 5) is 11.1. The molecule has 5 nitrogen and oxygen atoms in total. The van der Waals surface area contributed by atoms with E-state index in [2.05, 4.69) is 27.3 Å². The molecule has 0 radical (unpaired) electrons. The third-order valence-corrected chi connectivity index (χ3v) is 7.52. The highest BCUT2D eigenvalue weighted by molar-refractivity contribution is 14.1. The van der Waals surface area contributed by atoms with Crippen LogP contribution in [0.3, 0.4) is 0 Å². The minimum absolute atomic E-state index is 0.0151. The molecule has 1 fully saturated rings. The number of aliphatic carboxylic acids is 1. The summed E-state index contributed by atoms with van der Waals surface area (Å²) in [5.41, 5.74) is 1.80. The van der Waals surface area contributed by atoms with Crippen LogP contribution in [-0.2, 0) is 27.7 Å². The summed E-state index contributed by atoms with van der Waals surface area (Å²) in [6.45, 7) is 0.415. The summed E-state index contributed by atoms with van der Waals surface area (Å²) in [7, 11) is -3.53. The van der Waals surface area contributed by atoms with Gasteiger partial charge in [0, 0.05) is 10.1 Å². The third-order valence-electron chi connectivity index (χ3n) is 5.38. The Labute approximate surface area is 179 Å². The number of hydrogen-bond acceptors (Lipinski definition) is 3. The molecule has 0 amide bonds. The smallest absolute Gasteiger partial charge is 0.307 e. The molecule has 0 spiro atoms. The van der Waals surface area contributed by atoms with Gasteiger partial charge in [-0.3, -0.25) is 4.79 Å². The highest BCUT2D eigenvalue weighted by Gasteiger charge is 2.35. The van der Waals surface area contributed by atoms with Gasteiger partial charge in [-0.15, -0.1) is 0 Å². The summed E-state index contributed by atoms with van der Waals surface area (Å²) in [5, 5.41) is 8.90. The van der Waals surface area contributed by atoms with Crippen molar-refractivity contribution in [2.45, 2.75) is 43.4 Å². The largest absolute Gasteiger partial charge is 0.481 e. The van der Waals surface area contributed by atoms with Crippen LogP contribution in [0.4, 0.5) is 0 Å². The quantitative estimate of drug-likeness (QED) is 0.523. The average Bonchev–Trinajstić information content (AvgIpc) is 3.11. The first-order valence-corrected chi connectivity index (χ1v) is 11.9. The molecule has 2 aromatic rings. The summed E-state index contributed by atoms with van der Waals surface area (Å²) in [6, 6.07) is 14.5. The van der Waals surface area contributed by atoms with Crippen molar-refractivity contribution in [1.29, 1.82) is 0 Å². The first-order valence-electron chi connectivity index (χ1n) is 9.33. The highest BCUT2D eigenvalue weighted by Crippen LogP contribution is 2.40. The van der Waals surface area contributed by atoms with Gasteiger partial charge in [0.15, 0.2) is 0 Å². The number of sulfonamides is 1. The van der Waals surface area contributed by atoms with Crippen LogP contribution >= 0.6 is 22.6 Å². The Hall–Kier alpha value is -1.45. The van der Waals surface area contributed by atoms with Gasteiger partial charge in [-0.25, -0.2) is 13.1 Å². The van der Waals surface area contributed by atoms with Crippen LogP contribution in [0.2, 0.25) is 0 Å². The van der Waals surface area contributed by atoms with Gasteiger partial charge in [-0.2, -0.15) is 0 Å². The zero-order valence-electron chi connectivity index (χ0n) is 15.5. The third kappa shape index (κ3) is 5.55. The van der Waals surface area contributed by atoms with Crippen LogP contribution in [0.5, 0.6) is 0 Å². The molecule has 2 aromatic carbocycles. The fraction of sp³-hybridized carbons (Fsp3) is 0.381. The number of benzene rings is 2. The second-order valence-electron chi connectivity index (χ2n) is 7.55. The molecule has 0 saturated heterocycles. The van der Waals surface area contributed by atoms with Gasteiger partial charge in [0.1, 0.15) is 0 Å². The molecule has 150 valence electrons. The zero-order valence-corrected chi connectivity index (χ0v) is 18.5. The van der Waals surface area contributed by atoms with Crippen LogP contribution in [0.15, 0.2) is 53.4 Å². The van der Waals surface area contributed by atoms with Crippen LogP contribution in [-0.4, -0.2) is 26.0 Å². The van der Waals surface area contributed by atoms with E-state index < -0.39 is 16.0 Å². The summed E-state index contributed by atoms with van der Waals surface area (Å²) in [6.07, 6.45) is 4.97. The van der Waals surface area contributed by atoms with E-state index in [4.69, 9.17) is 5.11 Å². The lowest BCUT2D eigenvalue weighted by Gasteiger charge is -2.29. The molecule has 0 bridgehead atoms. The molecule has 0 aromatic heterocycles. The van der Waals surface area contributed by atoms with Crippen molar-refractivity contribution in [1.82, 2.24) is 4.72 Å². The fourth-order valence-corrected chi connectivity index (χ4v) is 5.39. The predicted molar refractivity (Wildman–Crippen MR) is 117 cm³/mol. The summed E-state index contributed by atoms with van der Waals surface area (Å²) < 4.78 is 29.2. The first-order chi connectivity index (χ1) is 13.3. The Balaban J connectivity index is 1.70. The maximum atomic E-state index is 12.7. The lowest BCUT2D eigenvalue weighted by molar-refractivity contribution is -0.136. The minimum Gasteiger partial charge on any atom is -0.481 e. The Morgan fingerprint density at radius 2 is 1.57 bits per heavy atom. The van der Waals surface area contributed by atoms with E-state index in [-0.39, 0.29) is 11.8 Å². The van der Waals surface area contributed by atoms with E-state index in [1.54, 1.807) is 24.3 Å². The number of carbonyl (C=O) groups is 1. The second kappa shape index (κ2) is 8.92. The Morgan fingerprint density at radius 1 is 1.00 bits per heavy atom. The lowest BCUT2D eigenvalue weighted by atomic mass is 9.80. The summed E-state index contributed by atoms with van der Waals surface area (Å²) >= 11 is 2.15. The minimum atomic E-state index is -3.53. The van der Waals surface area contributed by atoms with Gasteiger partial charge in [0.05, 0.1) is 11.3 Å². The van der Waals surface area contributed by atoms with Crippen LogP contribution in [0, 0.1) is 8.99 Å². The average molecular weight is 513 g/mol. The number of nitrogens with one attached hydrogen (secondary N) is 1. The maximum absolute atomic E-state index is 12.7. The van der Waals surface area contributed by atoms with Gasteiger partial charge < -0.3 is 5.11 Å². The van der Waals surface area contributed by atoms with Crippen molar-refractivity contribution in [2.75, 3.05) is 6.54 Å². The Bertz CT molecular complexity index is 918. The number of hydrogen-bond donors (Lipinski definition) is 2. The van der Waals surface area contributed by atoms with E-state index in [1.165, 1.54) is 0 Å². The number of carboxylic acid groups (broad SMARTS) is 1. The summed E-state index contributed by atoms with van der Waals surface area (Å²) in [5.74, 6) is -0.843. The van der Waals surface area contributed by atoms with Gasteiger partial charge in [0.2, 0.25) is 10.0 Å². The Kier molecular flexibility index (Phi) is 6.77. The first kappa shape index (κ1) is 21.3. The standard InChI is InChI=1S/C21H24INO4S/c22-18-7-9-19(10-8-18)28(26,27)23-15-21(11-1-2-12-21)14-17-5-3-16(4-6-17)13-20(24)25/h3-10,23H,1-2,11-15H2,(H,24,25). The zero-order chi connectivity index (χ0) is 20.2. The normalized spacial score (nSPS) is 16.2. The second-order valence-corrected chi connectivity index (χ2v) is 10.6. The highest BCUT2D eigenvalue weighted by atomic mass is 127. The molecule has 7 heteroatoms. The van der Waals surface area contributed by atoms with E-state index in [0.29, 0.717) is 11.4 Å². The number of rotatable bonds is 8. The molecule has 28 heavy (non-hydrogen) atoms. The molecule has 1 aliphatic carbocycles. The molecular formula is C21H24INO4S. The molecule has 1 aliphatic rings. The molecular weight excluding hydrogens is 489 g/mol. The van der Waals surface area contributed by atoms with Gasteiger partial charge in [-0.05, 0) is 82.7 Å². The molecule has 0 unspecified atom stereocenters. The molecule has 0 aliphatic heterocycles. The van der Waals surface area contributed by atoms with Gasteiger partial charge in [0.25, 0.3) is 0 Å². The van der Waals surface area contributed by atoms with E-state index >= 15 is 0 Å². The van der Waals surface area contributed by atoms with E-state index in [9.17, 15) is 13.2 Å². The topological polar surface area (TPSA) is 83.5 Å². The molecule has 2 N–H and O–H groups in total. The van der Waals surface area contributed by atoms with Crippen LogP contribution in [0.25, 0.3) is 0 Å². The molecule has 0 heterocycles. The van der Waals surface area contributed by atoms with Crippen LogP contribution < -0.4 is 4.72 Å². The van der Waals surface area contributed by atoms with E-state index in [0.717, 1.165) is 46.8 Å². The molecule has 3 rings (SSSR count). The number of carboxylic acids is 1. The van der Waals surface area contributed by atoms with Crippen molar-refractivity contribution in [3.63, 3.8) is 0 Å². The molecule has 1 saturated carbocycles. The van der Waals surface area contributed by atoms with Gasteiger partial charge in [-0.1, -0.05) is 37.1 Å². The van der Waals surface area contributed by atoms with Crippen molar-refractivity contribution in [3.8, 4) is 0 Å². The monoisotopic (exact) mass is 513 g/mol. The molecule has 0 atom stereocenters.